The van der Waals surface area contributed by atoms with Gasteiger partial charge in [0.2, 0.25) is 0 Å². The van der Waals surface area contributed by atoms with E-state index in [1.807, 2.05) is 25.1 Å². The number of ether oxygens (including phenoxy) is 1. The maximum atomic E-state index is 13.4. The summed E-state index contributed by atoms with van der Waals surface area (Å²) in [6.07, 6.45) is 8.25. The quantitative estimate of drug-likeness (QED) is 0.454. The Morgan fingerprint density at radius 3 is 2.74 bits per heavy atom. The molecular formula is C26H30N2O5S. The second kappa shape index (κ2) is 10.4. The van der Waals surface area contributed by atoms with Crippen molar-refractivity contribution in [3.8, 4) is 0 Å². The van der Waals surface area contributed by atoms with E-state index in [2.05, 4.69) is 11.4 Å². The summed E-state index contributed by atoms with van der Waals surface area (Å²) < 4.78 is 33.3. The van der Waals surface area contributed by atoms with Crippen LogP contribution in [0, 0.1) is 0 Å². The summed E-state index contributed by atoms with van der Waals surface area (Å²) in [7, 11) is -3.87. The van der Waals surface area contributed by atoms with Crippen molar-refractivity contribution in [2.45, 2.75) is 56.4 Å². The van der Waals surface area contributed by atoms with Crippen molar-refractivity contribution >= 4 is 27.6 Å². The minimum atomic E-state index is -3.87. The van der Waals surface area contributed by atoms with Gasteiger partial charge in [-0.1, -0.05) is 35.9 Å². The van der Waals surface area contributed by atoms with E-state index in [0.717, 1.165) is 24.8 Å². The number of carbonyl (C=O) groups excluding carboxylic acids is 2. The Morgan fingerprint density at radius 1 is 1.12 bits per heavy atom. The highest BCUT2D eigenvalue weighted by molar-refractivity contribution is 7.92. The highest BCUT2D eigenvalue weighted by atomic mass is 32.2. The Kier molecular flexibility index (Phi) is 7.36. The van der Waals surface area contributed by atoms with Crippen LogP contribution in [0.4, 0.5) is 5.69 Å². The van der Waals surface area contributed by atoms with E-state index >= 15 is 0 Å². The summed E-state index contributed by atoms with van der Waals surface area (Å²) in [5.74, 6) is -1.12. The van der Waals surface area contributed by atoms with E-state index in [-0.39, 0.29) is 22.4 Å². The van der Waals surface area contributed by atoms with E-state index in [9.17, 15) is 18.0 Å². The molecule has 8 heteroatoms. The maximum Gasteiger partial charge on any atom is 0.338 e. The average Bonchev–Trinajstić information content (AvgIpc) is 3.19. The van der Waals surface area contributed by atoms with Crippen LogP contribution in [0.3, 0.4) is 0 Å². The molecule has 34 heavy (non-hydrogen) atoms. The first kappa shape index (κ1) is 24.0. The largest absolute Gasteiger partial charge is 0.452 e. The summed E-state index contributed by atoms with van der Waals surface area (Å²) >= 11 is 0. The average molecular weight is 483 g/mol. The number of hydrogen-bond acceptors (Lipinski definition) is 5. The second-order valence-corrected chi connectivity index (χ2v) is 10.6. The van der Waals surface area contributed by atoms with Gasteiger partial charge in [0.25, 0.3) is 15.9 Å². The van der Waals surface area contributed by atoms with E-state index < -0.39 is 22.6 Å². The second-order valence-electron chi connectivity index (χ2n) is 8.79. The molecule has 1 amide bonds. The highest BCUT2D eigenvalue weighted by Crippen LogP contribution is 2.36. The fourth-order valence-corrected chi connectivity index (χ4v) is 6.30. The number of para-hydroxylation sites is 1. The number of benzene rings is 2. The fourth-order valence-electron chi connectivity index (χ4n) is 4.56. The molecule has 1 aliphatic carbocycles. The molecule has 7 nitrogen and oxygen atoms in total. The number of carbonyl (C=O) groups is 2. The van der Waals surface area contributed by atoms with Gasteiger partial charge in [0.1, 0.15) is 0 Å². The molecule has 180 valence electrons. The van der Waals surface area contributed by atoms with Crippen LogP contribution in [-0.4, -0.2) is 39.5 Å². The molecule has 1 heterocycles. The number of anilines is 1. The third-order valence-corrected chi connectivity index (χ3v) is 8.18. The first-order chi connectivity index (χ1) is 16.4. The minimum Gasteiger partial charge on any atom is -0.452 e. The molecule has 1 N–H and O–H groups in total. The topological polar surface area (TPSA) is 92.8 Å². The first-order valence-corrected chi connectivity index (χ1v) is 13.1. The lowest BCUT2D eigenvalue weighted by atomic mass is 9.97. The van der Waals surface area contributed by atoms with E-state index in [4.69, 9.17) is 4.74 Å². The lowest BCUT2D eigenvalue weighted by Crippen LogP contribution is -2.35. The molecule has 0 bridgehead atoms. The van der Waals surface area contributed by atoms with Crippen LogP contribution in [0.5, 0.6) is 0 Å². The standard InChI is InChI=1S/C26H30N2O5S/c1-19-16-21-10-5-6-13-24(21)28(19)34(31,32)23-12-7-11-22(17-23)26(30)33-18-25(29)27-15-14-20-8-3-2-4-9-20/h5-8,10-13,17,19H,2-4,9,14-16,18H2,1H3,(H,27,29)/t19-/m0/s1. The number of rotatable bonds is 8. The lowest BCUT2D eigenvalue weighted by Gasteiger charge is -2.24. The predicted octanol–water partition coefficient (Wildman–Crippen LogP) is 3.99. The lowest BCUT2D eigenvalue weighted by molar-refractivity contribution is -0.124. The predicted molar refractivity (Wildman–Crippen MR) is 130 cm³/mol. The van der Waals surface area contributed by atoms with Crippen LogP contribution in [-0.2, 0) is 26.0 Å². The SMILES string of the molecule is C[C@H]1Cc2ccccc2N1S(=O)(=O)c1cccc(C(=O)OCC(=O)NCCC2=CCCCC2)c1. The fraction of sp³-hybridized carbons (Fsp3) is 0.385. The van der Waals surface area contributed by atoms with Gasteiger partial charge in [0.05, 0.1) is 16.1 Å². The maximum absolute atomic E-state index is 13.4. The Labute approximate surface area is 200 Å². The zero-order chi connectivity index (χ0) is 24.1. The smallest absolute Gasteiger partial charge is 0.338 e. The number of sulfonamides is 1. The molecule has 1 aliphatic heterocycles. The number of allylic oxidation sites excluding steroid dienone is 1. The molecule has 0 saturated heterocycles. The van der Waals surface area contributed by atoms with Gasteiger partial charge >= 0.3 is 5.97 Å². The molecule has 2 aliphatic rings. The number of hydrogen-bond donors (Lipinski definition) is 1. The van der Waals surface area contributed by atoms with Crippen molar-refractivity contribution in [3.05, 3.63) is 71.3 Å². The van der Waals surface area contributed by atoms with Crippen LogP contribution in [0.1, 0.15) is 54.9 Å². The molecule has 2 aromatic carbocycles. The highest BCUT2D eigenvalue weighted by Gasteiger charge is 2.36. The van der Waals surface area contributed by atoms with Gasteiger partial charge in [-0.2, -0.15) is 0 Å². The van der Waals surface area contributed by atoms with Gasteiger partial charge in [0.15, 0.2) is 6.61 Å². The normalized spacial score (nSPS) is 17.6. The van der Waals surface area contributed by atoms with E-state index in [1.165, 1.54) is 47.0 Å². The minimum absolute atomic E-state index is 0.00992. The van der Waals surface area contributed by atoms with Crippen molar-refractivity contribution in [2.75, 3.05) is 17.5 Å². The van der Waals surface area contributed by atoms with Crippen LogP contribution in [0.2, 0.25) is 0 Å². The van der Waals surface area contributed by atoms with Crippen LogP contribution < -0.4 is 9.62 Å². The van der Waals surface area contributed by atoms with Crippen molar-refractivity contribution in [1.82, 2.24) is 5.32 Å². The van der Waals surface area contributed by atoms with Gasteiger partial charge in [-0.05, 0) is 75.3 Å². The van der Waals surface area contributed by atoms with Crippen LogP contribution in [0.25, 0.3) is 0 Å². The molecule has 0 spiro atoms. The van der Waals surface area contributed by atoms with Gasteiger partial charge < -0.3 is 10.1 Å². The Balaban J connectivity index is 1.37. The Hall–Kier alpha value is -3.13. The Morgan fingerprint density at radius 2 is 1.94 bits per heavy atom. The molecule has 0 unspecified atom stereocenters. The third-order valence-electron chi connectivity index (χ3n) is 6.26. The van der Waals surface area contributed by atoms with Gasteiger partial charge in [0, 0.05) is 12.6 Å². The van der Waals surface area contributed by atoms with Crippen molar-refractivity contribution in [2.24, 2.45) is 0 Å². The number of nitrogens with zero attached hydrogens (tertiary/aromatic N) is 1. The molecule has 4 rings (SSSR count). The third kappa shape index (κ3) is 5.33. The monoisotopic (exact) mass is 482 g/mol. The molecular weight excluding hydrogens is 452 g/mol. The van der Waals surface area contributed by atoms with Gasteiger partial charge in [-0.15, -0.1) is 0 Å². The molecule has 1 atom stereocenters. The van der Waals surface area contributed by atoms with E-state index in [0.29, 0.717) is 18.7 Å². The molecule has 0 saturated carbocycles. The van der Waals surface area contributed by atoms with Crippen molar-refractivity contribution in [1.29, 1.82) is 0 Å². The number of fused-ring (bicyclic) bond motifs is 1. The van der Waals surface area contributed by atoms with Crippen LogP contribution >= 0.6 is 0 Å². The van der Waals surface area contributed by atoms with Gasteiger partial charge in [-0.3, -0.25) is 9.10 Å². The number of amides is 1. The first-order valence-electron chi connectivity index (χ1n) is 11.7. The summed E-state index contributed by atoms with van der Waals surface area (Å²) in [5, 5.41) is 2.76. The van der Waals surface area contributed by atoms with Crippen LogP contribution in [0.15, 0.2) is 65.1 Å². The summed E-state index contributed by atoms with van der Waals surface area (Å²) in [4.78, 5) is 24.6. The van der Waals surface area contributed by atoms with Crippen molar-refractivity contribution in [3.63, 3.8) is 0 Å². The zero-order valence-electron chi connectivity index (χ0n) is 19.3. The number of nitrogens with one attached hydrogen (secondary N) is 1. The summed E-state index contributed by atoms with van der Waals surface area (Å²) in [6.45, 7) is 1.95. The van der Waals surface area contributed by atoms with E-state index in [1.54, 1.807) is 6.07 Å². The van der Waals surface area contributed by atoms with Gasteiger partial charge in [-0.25, -0.2) is 13.2 Å². The zero-order valence-corrected chi connectivity index (χ0v) is 20.1. The molecule has 0 radical (unpaired) electrons. The molecule has 0 fully saturated rings. The molecule has 0 aromatic heterocycles. The Bertz CT molecular complexity index is 1210. The number of esters is 1. The van der Waals surface area contributed by atoms with Crippen molar-refractivity contribution < 1.29 is 22.7 Å². The summed E-state index contributed by atoms with van der Waals surface area (Å²) in [6, 6.07) is 12.9. The molecule has 2 aromatic rings. The summed E-state index contributed by atoms with van der Waals surface area (Å²) in [5.41, 5.74) is 3.07.